The molecule has 6 rings (SSSR count). The van der Waals surface area contributed by atoms with Gasteiger partial charge >= 0.3 is 49.4 Å². The molecule has 0 spiro atoms. The van der Waals surface area contributed by atoms with E-state index in [2.05, 4.69) is 4.99 Å². The van der Waals surface area contributed by atoms with Crippen LogP contribution in [0.5, 0.6) is 5.75 Å². The van der Waals surface area contributed by atoms with Gasteiger partial charge in [-0.2, -0.15) is 105 Å². The molecule has 0 fully saturated rings. The van der Waals surface area contributed by atoms with Crippen LogP contribution >= 0.6 is 0 Å². The number of para-hydroxylation sites is 1. The summed E-state index contributed by atoms with van der Waals surface area (Å²) in [4.78, 5) is 3.82. The number of nitrogens with zero attached hydrogens (tertiary/aromatic N) is 1. The van der Waals surface area contributed by atoms with Gasteiger partial charge in [-0.3, -0.25) is 4.99 Å². The second-order valence-corrected chi connectivity index (χ2v) is 15.1. The van der Waals surface area contributed by atoms with Crippen molar-refractivity contribution < 1.29 is 110 Å². The Labute approximate surface area is 380 Å². The maximum Gasteiger partial charge on any atom is 0.416 e. The van der Waals surface area contributed by atoms with E-state index in [0.717, 1.165) is 0 Å². The second-order valence-electron chi connectivity index (χ2n) is 15.1. The van der Waals surface area contributed by atoms with Crippen LogP contribution in [0.2, 0.25) is 0 Å². The minimum absolute atomic E-state index is 0.00472. The monoisotopic (exact) mass is 1050 g/mol. The van der Waals surface area contributed by atoms with Crippen molar-refractivity contribution in [2.75, 3.05) is 0 Å². The molecule has 0 aliphatic carbocycles. The second kappa shape index (κ2) is 17.8. The van der Waals surface area contributed by atoms with Gasteiger partial charge in [0.1, 0.15) is 5.75 Å². The van der Waals surface area contributed by atoms with Crippen LogP contribution in [0.3, 0.4) is 0 Å². The molecule has 0 aromatic heterocycles. The number of hydrogen-bond acceptors (Lipinski definition) is 2. The predicted octanol–water partition coefficient (Wildman–Crippen LogP) is 18.0. The summed E-state index contributed by atoms with van der Waals surface area (Å²) < 4.78 is 337. The quantitative estimate of drug-likeness (QED) is 0.131. The molecule has 6 aromatic carbocycles. The van der Waals surface area contributed by atoms with Crippen LogP contribution in [0.15, 0.2) is 108 Å². The molecule has 0 aliphatic heterocycles. The van der Waals surface area contributed by atoms with Gasteiger partial charge in [0.05, 0.1) is 50.2 Å². The average Bonchev–Trinajstić information content (AvgIpc) is 3.22. The lowest BCUT2D eigenvalue weighted by molar-refractivity contribution is -0.144. The number of rotatable bonds is 6. The fourth-order valence-electron chi connectivity index (χ4n) is 6.88. The fourth-order valence-corrected chi connectivity index (χ4v) is 6.88. The lowest BCUT2D eigenvalue weighted by Gasteiger charge is -2.19. The molecule has 0 radical (unpaired) electrons. The Morgan fingerprint density at radius 1 is 0.296 bits per heavy atom. The zero-order valence-electron chi connectivity index (χ0n) is 33.9. The van der Waals surface area contributed by atoms with Crippen molar-refractivity contribution in [1.82, 2.24) is 0 Å². The van der Waals surface area contributed by atoms with Gasteiger partial charge in [0.2, 0.25) is 0 Å². The number of alkyl halides is 24. The van der Waals surface area contributed by atoms with Crippen LogP contribution in [0.1, 0.15) is 50.1 Å². The molecule has 0 saturated carbocycles. The van der Waals surface area contributed by atoms with E-state index in [1.54, 1.807) is 0 Å². The summed E-state index contributed by atoms with van der Waals surface area (Å²) in [5, 5.41) is 11.5. The first-order valence-corrected chi connectivity index (χ1v) is 18.9. The Balaban J connectivity index is 1.78. The van der Waals surface area contributed by atoms with Crippen molar-refractivity contribution in [3.8, 4) is 50.3 Å². The third-order valence-corrected chi connectivity index (χ3v) is 10.1. The van der Waals surface area contributed by atoms with E-state index in [1.807, 2.05) is 0 Å². The van der Waals surface area contributed by atoms with Crippen molar-refractivity contribution in [1.29, 1.82) is 0 Å². The molecule has 0 saturated heterocycles. The van der Waals surface area contributed by atoms with E-state index in [9.17, 15) is 110 Å². The number of hydrogen-bond donors (Lipinski definition) is 1. The minimum Gasteiger partial charge on any atom is -0.507 e. The third kappa shape index (κ3) is 12.0. The van der Waals surface area contributed by atoms with Crippen LogP contribution in [0.4, 0.5) is 111 Å². The molecular formula is C45H19F24NO. The molecular weight excluding hydrogens is 1030 g/mol. The molecule has 1 N–H and O–H groups in total. The maximum absolute atomic E-state index is 14.1. The van der Waals surface area contributed by atoms with Crippen molar-refractivity contribution in [3.05, 3.63) is 153 Å². The van der Waals surface area contributed by atoms with Gasteiger partial charge in [-0.25, -0.2) is 0 Å². The van der Waals surface area contributed by atoms with Crippen LogP contribution < -0.4 is 0 Å². The van der Waals surface area contributed by atoms with Crippen molar-refractivity contribution in [2.45, 2.75) is 49.4 Å². The van der Waals surface area contributed by atoms with Crippen LogP contribution in [-0.2, 0) is 49.4 Å². The van der Waals surface area contributed by atoms with Gasteiger partial charge in [-0.1, -0.05) is 18.2 Å². The van der Waals surface area contributed by atoms with E-state index in [4.69, 9.17) is 0 Å². The largest absolute Gasteiger partial charge is 0.507 e. The first-order chi connectivity index (χ1) is 32.1. The topological polar surface area (TPSA) is 32.6 Å². The standard InChI is InChI=1S/C45H19F24NO/c46-38(47,48)25-5-20(6-26(14-25)39(49,50)51)19-4-24(37(71)35(13-19)23-11-31(44(64,65)66)17-32(12-23)45(67,68)69)18-70-36-33(21-7-27(40(52,53)54)15-28(8-21)41(55,56)57)2-1-3-34(36)22-9-29(42(58,59)60)16-30(10-22)43(61,62)63/h1-18,71H. The summed E-state index contributed by atoms with van der Waals surface area (Å²) in [6.45, 7) is 0. The Morgan fingerprint density at radius 3 is 0.803 bits per heavy atom. The molecule has 378 valence electrons. The Kier molecular flexibility index (Phi) is 13.4. The van der Waals surface area contributed by atoms with Gasteiger partial charge in [0.25, 0.3) is 0 Å². The fraction of sp³-hybridized carbons (Fsp3) is 0.178. The zero-order valence-corrected chi connectivity index (χ0v) is 33.9. The molecule has 0 amide bonds. The van der Waals surface area contributed by atoms with Crippen molar-refractivity contribution in [2.24, 2.45) is 4.99 Å². The number of aromatic hydroxyl groups is 1. The molecule has 0 atom stereocenters. The number of phenols is 1. The van der Waals surface area contributed by atoms with Gasteiger partial charge in [0, 0.05) is 28.5 Å². The number of aliphatic imine (C=N–C) groups is 1. The molecule has 0 bridgehead atoms. The van der Waals surface area contributed by atoms with Gasteiger partial charge in [-0.15, -0.1) is 0 Å². The molecule has 0 heterocycles. The van der Waals surface area contributed by atoms with E-state index in [-0.39, 0.29) is 66.9 Å². The van der Waals surface area contributed by atoms with Crippen LogP contribution in [0, 0.1) is 0 Å². The molecule has 2 nitrogen and oxygen atoms in total. The highest BCUT2D eigenvalue weighted by atomic mass is 19.4. The van der Waals surface area contributed by atoms with Crippen LogP contribution in [0.25, 0.3) is 44.5 Å². The molecule has 0 unspecified atom stereocenters. The summed E-state index contributed by atoms with van der Waals surface area (Å²) in [5.74, 6) is -1.55. The normalized spacial score (nSPS) is 13.6. The zero-order chi connectivity index (χ0) is 53.4. The van der Waals surface area contributed by atoms with Crippen LogP contribution in [-0.4, -0.2) is 11.3 Å². The van der Waals surface area contributed by atoms with Gasteiger partial charge in [0.15, 0.2) is 0 Å². The summed E-state index contributed by atoms with van der Waals surface area (Å²) in [6.07, 6.45) is -44.7. The minimum atomic E-state index is -5.64. The lowest BCUT2D eigenvalue weighted by atomic mass is 9.91. The smallest absolute Gasteiger partial charge is 0.416 e. The van der Waals surface area contributed by atoms with E-state index >= 15 is 0 Å². The molecule has 6 aromatic rings. The summed E-state index contributed by atoms with van der Waals surface area (Å²) in [5.41, 5.74) is -28.0. The highest BCUT2D eigenvalue weighted by Crippen LogP contribution is 2.49. The Hall–Kier alpha value is -6.89. The SMILES string of the molecule is Oc1c(C=Nc2c(-c3cc(C(F)(F)F)cc(C(F)(F)F)c3)cccc2-c2cc(C(F)(F)F)cc(C(F)(F)F)c2)cc(-c2cc(C(F)(F)F)cc(C(F)(F)F)c2)cc1-c1cc(C(F)(F)F)cc(C(F)(F)F)c1. The first kappa shape index (κ1) is 53.5. The highest BCUT2D eigenvalue weighted by molar-refractivity contribution is 5.97. The third-order valence-electron chi connectivity index (χ3n) is 10.1. The molecule has 71 heavy (non-hydrogen) atoms. The summed E-state index contributed by atoms with van der Waals surface area (Å²) in [6, 6.07) is 1.05. The van der Waals surface area contributed by atoms with E-state index in [1.165, 1.54) is 0 Å². The van der Waals surface area contributed by atoms with Gasteiger partial charge < -0.3 is 5.11 Å². The molecule has 0 aliphatic rings. The van der Waals surface area contributed by atoms with Crippen molar-refractivity contribution in [3.63, 3.8) is 0 Å². The Morgan fingerprint density at radius 2 is 0.535 bits per heavy atom. The summed E-state index contributed by atoms with van der Waals surface area (Å²) >= 11 is 0. The lowest BCUT2D eigenvalue weighted by Crippen LogP contribution is -2.11. The number of halogens is 24. The highest BCUT2D eigenvalue weighted by Gasteiger charge is 2.41. The van der Waals surface area contributed by atoms with E-state index < -0.39 is 168 Å². The first-order valence-electron chi connectivity index (χ1n) is 18.9. The van der Waals surface area contributed by atoms with E-state index in [0.29, 0.717) is 30.3 Å². The predicted molar refractivity (Wildman–Crippen MR) is 204 cm³/mol. The number of benzene rings is 6. The molecule has 26 heteroatoms. The number of phenolic OH excluding ortho intramolecular Hbond substituents is 1. The average molecular weight is 1050 g/mol. The van der Waals surface area contributed by atoms with Crippen molar-refractivity contribution >= 4 is 11.9 Å². The summed E-state index contributed by atoms with van der Waals surface area (Å²) in [7, 11) is 0. The maximum atomic E-state index is 14.1. The van der Waals surface area contributed by atoms with Gasteiger partial charge in [-0.05, 0) is 113 Å². The Bertz CT molecular complexity index is 2810.